The first-order chi connectivity index (χ1) is 14.2. The summed E-state index contributed by atoms with van der Waals surface area (Å²) in [5, 5.41) is 0. The SMILES string of the molecule is CC/C(=C\Oc1ccccc1OC)C(=Nc1ccc(C)cc1)Oc1ccccc1. The normalized spacial score (nSPS) is 11.8. The van der Waals surface area contributed by atoms with E-state index in [0.29, 0.717) is 23.8 Å². The first-order valence-corrected chi connectivity index (χ1v) is 9.57. The van der Waals surface area contributed by atoms with Crippen LogP contribution in [0.4, 0.5) is 5.69 Å². The van der Waals surface area contributed by atoms with Crippen molar-refractivity contribution in [3.63, 3.8) is 0 Å². The third-order valence-corrected chi connectivity index (χ3v) is 4.28. The van der Waals surface area contributed by atoms with Gasteiger partial charge in [-0.25, -0.2) is 4.99 Å². The van der Waals surface area contributed by atoms with Crippen molar-refractivity contribution in [1.29, 1.82) is 0 Å². The number of benzene rings is 3. The quantitative estimate of drug-likeness (QED) is 0.264. The van der Waals surface area contributed by atoms with Gasteiger partial charge in [0.05, 0.1) is 19.1 Å². The standard InChI is InChI=1S/C25H25NO3/c1-4-20(18-28-24-13-9-8-12-23(24)27-3)25(29-22-10-6-5-7-11-22)26-21-16-14-19(2)15-17-21/h5-18H,4H2,1-3H3/b20-18+,26-25?. The van der Waals surface area contributed by atoms with Crippen LogP contribution < -0.4 is 14.2 Å². The molecule has 0 radical (unpaired) electrons. The van der Waals surface area contributed by atoms with Crippen molar-refractivity contribution in [3.05, 3.63) is 96.3 Å². The Labute approximate surface area is 172 Å². The molecule has 0 unspecified atom stereocenters. The summed E-state index contributed by atoms with van der Waals surface area (Å²) in [6.45, 7) is 4.09. The average molecular weight is 387 g/mol. The summed E-state index contributed by atoms with van der Waals surface area (Å²) in [6.07, 6.45) is 2.36. The fourth-order valence-electron chi connectivity index (χ4n) is 2.63. The molecule has 0 spiro atoms. The van der Waals surface area contributed by atoms with Gasteiger partial charge in [-0.3, -0.25) is 0 Å². The topological polar surface area (TPSA) is 40.0 Å². The van der Waals surface area contributed by atoms with Crippen LogP contribution in [0, 0.1) is 6.92 Å². The van der Waals surface area contributed by atoms with Gasteiger partial charge < -0.3 is 14.2 Å². The maximum Gasteiger partial charge on any atom is 0.226 e. The van der Waals surface area contributed by atoms with Crippen LogP contribution >= 0.6 is 0 Å². The fraction of sp³-hybridized carbons (Fsp3) is 0.160. The lowest BCUT2D eigenvalue weighted by Crippen LogP contribution is -2.12. The zero-order valence-corrected chi connectivity index (χ0v) is 17.0. The molecule has 3 aromatic carbocycles. The van der Waals surface area contributed by atoms with Crippen LogP contribution in [0.15, 0.2) is 95.7 Å². The number of hydrogen-bond acceptors (Lipinski definition) is 4. The number of ether oxygens (including phenoxy) is 3. The van der Waals surface area contributed by atoms with E-state index in [1.165, 1.54) is 5.56 Å². The Morgan fingerprint density at radius 1 is 0.862 bits per heavy atom. The minimum atomic E-state index is 0.498. The van der Waals surface area contributed by atoms with Gasteiger partial charge in [0.2, 0.25) is 5.90 Å². The Balaban J connectivity index is 1.94. The molecule has 29 heavy (non-hydrogen) atoms. The van der Waals surface area contributed by atoms with Gasteiger partial charge in [-0.05, 0) is 49.7 Å². The van der Waals surface area contributed by atoms with E-state index in [0.717, 1.165) is 17.0 Å². The maximum absolute atomic E-state index is 6.12. The third-order valence-electron chi connectivity index (χ3n) is 4.28. The molecule has 0 aliphatic rings. The van der Waals surface area contributed by atoms with Crippen LogP contribution in [0.1, 0.15) is 18.9 Å². The average Bonchev–Trinajstić information content (AvgIpc) is 2.76. The largest absolute Gasteiger partial charge is 0.493 e. The number of aliphatic imine (C=N–C) groups is 1. The summed E-state index contributed by atoms with van der Waals surface area (Å²) < 4.78 is 17.4. The molecule has 0 bridgehead atoms. The molecule has 4 heteroatoms. The predicted molar refractivity (Wildman–Crippen MR) is 117 cm³/mol. The highest BCUT2D eigenvalue weighted by atomic mass is 16.5. The smallest absolute Gasteiger partial charge is 0.226 e. The highest BCUT2D eigenvalue weighted by molar-refractivity contribution is 5.96. The van der Waals surface area contributed by atoms with Crippen molar-refractivity contribution in [3.8, 4) is 17.2 Å². The lowest BCUT2D eigenvalue weighted by molar-refractivity contribution is 0.376. The van der Waals surface area contributed by atoms with Gasteiger partial charge in [0.1, 0.15) is 5.75 Å². The minimum absolute atomic E-state index is 0.498. The fourth-order valence-corrected chi connectivity index (χ4v) is 2.63. The Morgan fingerprint density at radius 3 is 2.17 bits per heavy atom. The van der Waals surface area contributed by atoms with E-state index in [1.807, 2.05) is 92.7 Å². The van der Waals surface area contributed by atoms with Crippen LogP contribution in [0.25, 0.3) is 0 Å². The third kappa shape index (κ3) is 5.72. The summed E-state index contributed by atoms with van der Waals surface area (Å²) in [6, 6.07) is 25.1. The van der Waals surface area contributed by atoms with Gasteiger partial charge in [0.15, 0.2) is 11.5 Å². The second-order valence-electron chi connectivity index (χ2n) is 6.43. The van der Waals surface area contributed by atoms with Crippen molar-refractivity contribution in [2.45, 2.75) is 20.3 Å². The summed E-state index contributed by atoms with van der Waals surface area (Å²) in [4.78, 5) is 4.74. The van der Waals surface area contributed by atoms with Gasteiger partial charge >= 0.3 is 0 Å². The van der Waals surface area contributed by atoms with Crippen molar-refractivity contribution in [2.24, 2.45) is 4.99 Å². The molecular formula is C25H25NO3. The van der Waals surface area contributed by atoms with E-state index in [9.17, 15) is 0 Å². The molecule has 3 aromatic rings. The number of para-hydroxylation sites is 3. The van der Waals surface area contributed by atoms with Crippen molar-refractivity contribution >= 4 is 11.6 Å². The summed E-state index contributed by atoms with van der Waals surface area (Å²) in [7, 11) is 1.62. The molecule has 4 nitrogen and oxygen atoms in total. The highest BCUT2D eigenvalue weighted by Crippen LogP contribution is 2.27. The van der Waals surface area contributed by atoms with Gasteiger partial charge in [-0.2, -0.15) is 0 Å². The van der Waals surface area contributed by atoms with Crippen LogP contribution in [-0.4, -0.2) is 13.0 Å². The monoisotopic (exact) mass is 387 g/mol. The molecule has 0 aliphatic heterocycles. The van der Waals surface area contributed by atoms with Crippen LogP contribution in [0.3, 0.4) is 0 Å². The van der Waals surface area contributed by atoms with Gasteiger partial charge in [0.25, 0.3) is 0 Å². The molecule has 0 amide bonds. The molecule has 148 valence electrons. The molecule has 0 fully saturated rings. The Morgan fingerprint density at radius 2 is 1.52 bits per heavy atom. The van der Waals surface area contributed by atoms with Gasteiger partial charge in [-0.15, -0.1) is 0 Å². The molecule has 0 saturated carbocycles. The van der Waals surface area contributed by atoms with E-state index in [-0.39, 0.29) is 0 Å². The molecule has 0 atom stereocenters. The second-order valence-corrected chi connectivity index (χ2v) is 6.43. The molecule has 0 aromatic heterocycles. The summed E-state index contributed by atoms with van der Waals surface area (Å²) >= 11 is 0. The Hall–Kier alpha value is -3.53. The molecule has 0 N–H and O–H groups in total. The zero-order chi connectivity index (χ0) is 20.5. The van der Waals surface area contributed by atoms with Crippen LogP contribution in [0.5, 0.6) is 17.2 Å². The minimum Gasteiger partial charge on any atom is -0.493 e. The highest BCUT2D eigenvalue weighted by Gasteiger charge is 2.11. The Kier molecular flexibility index (Phi) is 7.06. The molecule has 3 rings (SSSR count). The number of hydrogen-bond donors (Lipinski definition) is 0. The summed E-state index contributed by atoms with van der Waals surface area (Å²) in [5.41, 5.74) is 2.83. The van der Waals surface area contributed by atoms with E-state index in [4.69, 9.17) is 19.2 Å². The second kappa shape index (κ2) is 10.1. The predicted octanol–water partition coefficient (Wildman–Crippen LogP) is 6.49. The first kappa shape index (κ1) is 20.2. The number of nitrogens with zero attached hydrogens (tertiary/aromatic N) is 1. The van der Waals surface area contributed by atoms with Gasteiger partial charge in [0, 0.05) is 5.57 Å². The lowest BCUT2D eigenvalue weighted by Gasteiger charge is -2.13. The number of methoxy groups -OCH3 is 1. The van der Waals surface area contributed by atoms with E-state index in [2.05, 4.69) is 0 Å². The Bertz CT molecular complexity index is 976. The zero-order valence-electron chi connectivity index (χ0n) is 17.0. The molecule has 0 aliphatic carbocycles. The molecule has 0 saturated heterocycles. The molecular weight excluding hydrogens is 362 g/mol. The number of aryl methyl sites for hydroxylation is 1. The van der Waals surface area contributed by atoms with Crippen LogP contribution in [0.2, 0.25) is 0 Å². The lowest BCUT2D eigenvalue weighted by atomic mass is 10.2. The van der Waals surface area contributed by atoms with Gasteiger partial charge in [-0.1, -0.05) is 55.0 Å². The van der Waals surface area contributed by atoms with Crippen LogP contribution in [-0.2, 0) is 0 Å². The molecule has 0 heterocycles. The van der Waals surface area contributed by atoms with E-state index in [1.54, 1.807) is 13.4 Å². The van der Waals surface area contributed by atoms with Crippen molar-refractivity contribution in [1.82, 2.24) is 0 Å². The van der Waals surface area contributed by atoms with Crippen molar-refractivity contribution < 1.29 is 14.2 Å². The van der Waals surface area contributed by atoms with E-state index < -0.39 is 0 Å². The van der Waals surface area contributed by atoms with Crippen molar-refractivity contribution in [2.75, 3.05) is 7.11 Å². The summed E-state index contributed by atoms with van der Waals surface area (Å²) in [5.74, 6) is 2.52. The van der Waals surface area contributed by atoms with E-state index >= 15 is 0 Å². The number of rotatable bonds is 7. The first-order valence-electron chi connectivity index (χ1n) is 9.57. The maximum atomic E-state index is 6.12.